The normalized spacial score (nSPS) is 11.6. The van der Waals surface area contributed by atoms with Gasteiger partial charge in [-0.3, -0.25) is 4.79 Å². The molecule has 3 rings (SSSR count). The van der Waals surface area contributed by atoms with E-state index >= 15 is 0 Å². The lowest BCUT2D eigenvalue weighted by atomic mass is 9.82. The maximum absolute atomic E-state index is 12.4. The van der Waals surface area contributed by atoms with Crippen molar-refractivity contribution >= 4 is 11.8 Å². The van der Waals surface area contributed by atoms with Gasteiger partial charge in [0.05, 0.1) is 19.6 Å². The van der Waals surface area contributed by atoms with Crippen LogP contribution < -0.4 is 14.8 Å². The Bertz CT molecular complexity index is 1150. The second kappa shape index (κ2) is 10.0. The van der Waals surface area contributed by atoms with Gasteiger partial charge in [0.2, 0.25) is 0 Å². The zero-order chi connectivity index (χ0) is 24.9. The van der Waals surface area contributed by atoms with E-state index in [1.807, 2.05) is 18.2 Å². The zero-order valence-corrected chi connectivity index (χ0v) is 19.2. The Kier molecular flexibility index (Phi) is 7.34. The van der Waals surface area contributed by atoms with Crippen LogP contribution in [-0.4, -0.2) is 31.5 Å². The van der Waals surface area contributed by atoms with Crippen molar-refractivity contribution in [2.75, 3.05) is 19.5 Å². The number of nitrogens with one attached hydrogen (secondary N) is 1. The number of aromatic nitrogens is 1. The van der Waals surface area contributed by atoms with E-state index in [0.717, 1.165) is 11.1 Å². The molecule has 0 aliphatic carbocycles. The van der Waals surface area contributed by atoms with Crippen LogP contribution in [-0.2, 0) is 21.5 Å². The maximum atomic E-state index is 12.4. The minimum atomic E-state index is -4.74. The van der Waals surface area contributed by atoms with Gasteiger partial charge in [0, 0.05) is 23.9 Å². The van der Waals surface area contributed by atoms with E-state index in [2.05, 4.69) is 15.0 Å². The second-order valence-electron chi connectivity index (χ2n) is 8.01. The van der Waals surface area contributed by atoms with Crippen molar-refractivity contribution in [3.05, 3.63) is 71.9 Å². The third-order valence-electron chi connectivity index (χ3n) is 5.27. The number of carbonyl (C=O) groups is 1. The topological polar surface area (TPSA) is 69.7 Å². The van der Waals surface area contributed by atoms with Crippen molar-refractivity contribution in [3.8, 4) is 22.6 Å². The van der Waals surface area contributed by atoms with Crippen LogP contribution in [0.25, 0.3) is 11.1 Å². The summed E-state index contributed by atoms with van der Waals surface area (Å²) in [5.74, 6) is 0.460. The number of benzene rings is 2. The Hall–Kier alpha value is -3.75. The number of ether oxygens (including phenoxy) is 3. The van der Waals surface area contributed by atoms with Gasteiger partial charge in [0.15, 0.2) is 0 Å². The monoisotopic (exact) mass is 474 g/mol. The van der Waals surface area contributed by atoms with Gasteiger partial charge in [-0.05, 0) is 61.4 Å². The average Bonchev–Trinajstić information content (AvgIpc) is 2.81. The van der Waals surface area contributed by atoms with E-state index in [0.29, 0.717) is 22.7 Å². The van der Waals surface area contributed by atoms with E-state index in [4.69, 9.17) is 9.47 Å². The van der Waals surface area contributed by atoms with Crippen molar-refractivity contribution in [1.82, 2.24) is 4.98 Å². The number of anilines is 1. The summed E-state index contributed by atoms with van der Waals surface area (Å²) in [7, 11) is 2.88. The Morgan fingerprint density at radius 2 is 1.74 bits per heavy atom. The number of halogens is 3. The van der Waals surface area contributed by atoms with Crippen molar-refractivity contribution in [2.24, 2.45) is 0 Å². The van der Waals surface area contributed by atoms with Gasteiger partial charge in [0.1, 0.15) is 17.3 Å². The fourth-order valence-corrected chi connectivity index (χ4v) is 3.46. The molecule has 1 heterocycles. The third-order valence-corrected chi connectivity index (χ3v) is 5.27. The van der Waals surface area contributed by atoms with Gasteiger partial charge in [-0.25, -0.2) is 4.98 Å². The lowest BCUT2D eigenvalue weighted by Gasteiger charge is -2.25. The molecule has 0 aliphatic heterocycles. The summed E-state index contributed by atoms with van der Waals surface area (Å²) in [4.78, 5) is 16.7. The largest absolute Gasteiger partial charge is 0.573 e. The van der Waals surface area contributed by atoms with Crippen LogP contribution >= 0.6 is 0 Å². The molecule has 6 nitrogen and oxygen atoms in total. The standard InChI is InChI=1S/C25H25F3N2O4/c1-24(2,23(31)33-4)20-13-17(8-10-21(20)32-3)18-9-11-22(30-15-18)29-14-16-6-5-7-19(12-16)34-25(26,27)28/h5-13,15H,14H2,1-4H3,(H,29,30). The molecule has 0 saturated heterocycles. The Balaban J connectivity index is 1.76. The number of hydrogen-bond acceptors (Lipinski definition) is 6. The van der Waals surface area contributed by atoms with Gasteiger partial charge < -0.3 is 19.5 Å². The van der Waals surface area contributed by atoms with Crippen LogP contribution in [0.1, 0.15) is 25.0 Å². The molecule has 2 aromatic carbocycles. The van der Waals surface area contributed by atoms with Crippen LogP contribution in [0.3, 0.4) is 0 Å². The molecule has 34 heavy (non-hydrogen) atoms. The van der Waals surface area contributed by atoms with Crippen LogP contribution in [0, 0.1) is 0 Å². The number of nitrogens with zero attached hydrogens (tertiary/aromatic N) is 1. The number of methoxy groups -OCH3 is 2. The smallest absolute Gasteiger partial charge is 0.496 e. The number of carbonyl (C=O) groups excluding carboxylic acids is 1. The van der Waals surface area contributed by atoms with Gasteiger partial charge in [-0.2, -0.15) is 0 Å². The first-order valence-electron chi connectivity index (χ1n) is 10.4. The Morgan fingerprint density at radius 1 is 1.00 bits per heavy atom. The summed E-state index contributed by atoms with van der Waals surface area (Å²) in [6.07, 6.45) is -3.07. The van der Waals surface area contributed by atoms with E-state index in [-0.39, 0.29) is 18.3 Å². The predicted molar refractivity (Wildman–Crippen MR) is 122 cm³/mol. The number of hydrogen-bond donors (Lipinski definition) is 1. The average molecular weight is 474 g/mol. The highest BCUT2D eigenvalue weighted by Gasteiger charge is 2.34. The summed E-state index contributed by atoms with van der Waals surface area (Å²) < 4.78 is 51.6. The molecule has 0 saturated carbocycles. The fourth-order valence-electron chi connectivity index (χ4n) is 3.46. The number of esters is 1. The van der Waals surface area contributed by atoms with Crippen LogP contribution in [0.4, 0.5) is 19.0 Å². The zero-order valence-electron chi connectivity index (χ0n) is 19.2. The number of alkyl halides is 3. The summed E-state index contributed by atoms with van der Waals surface area (Å²) in [6.45, 7) is 3.79. The first kappa shape index (κ1) is 24.9. The van der Waals surface area contributed by atoms with E-state index in [1.54, 1.807) is 45.4 Å². The molecule has 1 aromatic heterocycles. The summed E-state index contributed by atoms with van der Waals surface area (Å²) in [6, 6.07) is 14.9. The minimum absolute atomic E-state index is 0.265. The molecule has 0 aliphatic rings. The van der Waals surface area contributed by atoms with Crippen molar-refractivity contribution in [3.63, 3.8) is 0 Å². The first-order valence-corrected chi connectivity index (χ1v) is 10.4. The molecule has 180 valence electrons. The van der Waals surface area contributed by atoms with Crippen molar-refractivity contribution in [1.29, 1.82) is 0 Å². The molecule has 0 bridgehead atoms. The van der Waals surface area contributed by atoms with Crippen LogP contribution in [0.2, 0.25) is 0 Å². The van der Waals surface area contributed by atoms with Gasteiger partial charge >= 0.3 is 12.3 Å². The van der Waals surface area contributed by atoms with Crippen molar-refractivity contribution < 1.29 is 32.2 Å². The summed E-state index contributed by atoms with van der Waals surface area (Å²) in [5.41, 5.74) is 2.02. The van der Waals surface area contributed by atoms with Crippen LogP contribution in [0.5, 0.6) is 11.5 Å². The summed E-state index contributed by atoms with van der Waals surface area (Å²) >= 11 is 0. The SMILES string of the molecule is COC(=O)C(C)(C)c1cc(-c2ccc(NCc3cccc(OC(F)(F)F)c3)nc2)ccc1OC. The Labute approximate surface area is 195 Å². The van der Waals surface area contributed by atoms with E-state index in [1.165, 1.54) is 25.3 Å². The Morgan fingerprint density at radius 3 is 2.35 bits per heavy atom. The highest BCUT2D eigenvalue weighted by molar-refractivity contribution is 5.84. The molecule has 0 unspecified atom stereocenters. The number of pyridine rings is 1. The van der Waals surface area contributed by atoms with E-state index < -0.39 is 11.8 Å². The molecular weight excluding hydrogens is 449 g/mol. The molecule has 0 atom stereocenters. The molecule has 0 fully saturated rings. The second-order valence-corrected chi connectivity index (χ2v) is 8.01. The molecule has 3 aromatic rings. The molecule has 9 heteroatoms. The fraction of sp³-hybridized carbons (Fsp3) is 0.280. The van der Waals surface area contributed by atoms with E-state index in [9.17, 15) is 18.0 Å². The van der Waals surface area contributed by atoms with Gasteiger partial charge in [-0.1, -0.05) is 18.2 Å². The van der Waals surface area contributed by atoms with Crippen molar-refractivity contribution in [2.45, 2.75) is 32.2 Å². The van der Waals surface area contributed by atoms with Crippen LogP contribution in [0.15, 0.2) is 60.8 Å². The first-order chi connectivity index (χ1) is 16.0. The maximum Gasteiger partial charge on any atom is 0.573 e. The third kappa shape index (κ3) is 5.98. The highest BCUT2D eigenvalue weighted by atomic mass is 19.4. The van der Waals surface area contributed by atoms with Gasteiger partial charge in [0.25, 0.3) is 0 Å². The molecular formula is C25H25F3N2O4. The molecule has 0 spiro atoms. The predicted octanol–water partition coefficient (Wildman–Crippen LogP) is 5.72. The molecule has 0 amide bonds. The minimum Gasteiger partial charge on any atom is -0.496 e. The summed E-state index contributed by atoms with van der Waals surface area (Å²) in [5, 5.41) is 3.08. The molecule has 0 radical (unpaired) electrons. The number of rotatable bonds is 8. The highest BCUT2D eigenvalue weighted by Crippen LogP contribution is 2.36. The lowest BCUT2D eigenvalue weighted by molar-refractivity contribution is -0.274. The molecule has 1 N–H and O–H groups in total. The lowest BCUT2D eigenvalue weighted by Crippen LogP contribution is -2.30. The van der Waals surface area contributed by atoms with Gasteiger partial charge in [-0.15, -0.1) is 13.2 Å². The quantitative estimate of drug-likeness (QED) is 0.421.